The Labute approximate surface area is 247 Å². The highest BCUT2D eigenvalue weighted by atomic mass is 16.5. The largest absolute Gasteiger partial charge is 0.437 e. The molecule has 3 heteroatoms. The third kappa shape index (κ3) is 5.20. The lowest BCUT2D eigenvalue weighted by molar-refractivity contribution is 0.467. The van der Waals surface area contributed by atoms with Crippen LogP contribution in [0.15, 0.2) is 76.2 Å². The van der Waals surface area contributed by atoms with E-state index in [0.717, 1.165) is 29.3 Å². The molecular weight excluding hydrogens is 500 g/mol. The summed E-state index contributed by atoms with van der Waals surface area (Å²) in [7, 11) is 0. The second-order valence-electron chi connectivity index (χ2n) is 13.4. The van der Waals surface area contributed by atoms with Crippen molar-refractivity contribution in [2.45, 2.75) is 99.3 Å². The molecule has 1 aliphatic heterocycles. The summed E-state index contributed by atoms with van der Waals surface area (Å²) in [6.45, 7) is 22.6. The molecular formula is C38H46N2O. The molecule has 0 bridgehead atoms. The third-order valence-electron chi connectivity index (χ3n) is 8.77. The van der Waals surface area contributed by atoms with E-state index in [1.165, 1.54) is 39.0 Å². The monoisotopic (exact) mass is 546 g/mol. The first-order valence-electron chi connectivity index (χ1n) is 15.3. The van der Waals surface area contributed by atoms with Crippen molar-refractivity contribution in [3.63, 3.8) is 0 Å². The quantitative estimate of drug-likeness (QED) is 0.303. The summed E-state index contributed by atoms with van der Waals surface area (Å²) in [4.78, 5) is 11.0. The van der Waals surface area contributed by atoms with E-state index in [1.807, 2.05) is 0 Å². The van der Waals surface area contributed by atoms with Crippen molar-refractivity contribution in [1.29, 1.82) is 0 Å². The van der Waals surface area contributed by atoms with Gasteiger partial charge in [0.2, 0.25) is 5.90 Å². The zero-order chi connectivity index (χ0) is 29.6. The van der Waals surface area contributed by atoms with Gasteiger partial charge < -0.3 is 4.74 Å². The van der Waals surface area contributed by atoms with Gasteiger partial charge in [0.1, 0.15) is 11.5 Å². The third-order valence-corrected chi connectivity index (χ3v) is 8.77. The van der Waals surface area contributed by atoms with Crippen LogP contribution in [0.2, 0.25) is 0 Å². The zero-order valence-electron chi connectivity index (χ0n) is 26.6. The van der Waals surface area contributed by atoms with Gasteiger partial charge in [-0.3, -0.25) is 0 Å². The highest BCUT2D eigenvalue weighted by molar-refractivity contribution is 6.44. The van der Waals surface area contributed by atoms with Crippen molar-refractivity contribution in [3.8, 4) is 0 Å². The number of ether oxygens (including phenoxy) is 1. The van der Waals surface area contributed by atoms with Crippen LogP contribution in [0.4, 0.5) is 11.4 Å². The fraction of sp³-hybridized carbons (Fsp3) is 0.421. The lowest BCUT2D eigenvalue weighted by atomic mass is 9.76. The van der Waals surface area contributed by atoms with E-state index in [2.05, 4.69) is 130 Å². The van der Waals surface area contributed by atoms with Crippen LogP contribution in [0.5, 0.6) is 0 Å². The van der Waals surface area contributed by atoms with E-state index in [0.29, 0.717) is 29.6 Å². The summed E-state index contributed by atoms with van der Waals surface area (Å²) in [6.07, 6.45) is 0.869. The number of aliphatic imine (C=N–C) groups is 2. The number of rotatable bonds is 6. The Kier molecular flexibility index (Phi) is 7.85. The van der Waals surface area contributed by atoms with Gasteiger partial charge >= 0.3 is 0 Å². The van der Waals surface area contributed by atoms with Gasteiger partial charge in [-0.1, -0.05) is 130 Å². The number of para-hydroxylation sites is 2. The van der Waals surface area contributed by atoms with Crippen molar-refractivity contribution in [2.75, 3.05) is 0 Å². The number of nitrogens with zero attached hydrogens (tertiary/aromatic N) is 2. The topological polar surface area (TPSA) is 34.0 Å². The molecule has 1 aliphatic carbocycles. The van der Waals surface area contributed by atoms with Gasteiger partial charge in [0.25, 0.3) is 0 Å². The van der Waals surface area contributed by atoms with Gasteiger partial charge in [-0.2, -0.15) is 0 Å². The molecule has 1 heterocycles. The molecule has 0 saturated carbocycles. The van der Waals surface area contributed by atoms with Crippen LogP contribution in [-0.2, 0) is 11.2 Å². The van der Waals surface area contributed by atoms with E-state index in [-0.39, 0.29) is 5.41 Å². The Morgan fingerprint density at radius 1 is 0.610 bits per heavy atom. The smallest absolute Gasteiger partial charge is 0.242 e. The first-order chi connectivity index (χ1) is 19.4. The van der Waals surface area contributed by atoms with E-state index in [9.17, 15) is 0 Å². The summed E-state index contributed by atoms with van der Waals surface area (Å²) < 4.78 is 6.93. The number of allylic oxidation sites excluding steroid dienone is 1. The summed E-state index contributed by atoms with van der Waals surface area (Å²) in [5, 5.41) is 0. The Morgan fingerprint density at radius 2 is 1.07 bits per heavy atom. The van der Waals surface area contributed by atoms with Crippen molar-refractivity contribution in [1.82, 2.24) is 0 Å². The molecule has 0 atom stereocenters. The van der Waals surface area contributed by atoms with Crippen LogP contribution in [0.3, 0.4) is 0 Å². The summed E-state index contributed by atoms with van der Waals surface area (Å²) in [5.74, 6) is 2.94. The van der Waals surface area contributed by atoms with Gasteiger partial charge in [0.05, 0.1) is 11.4 Å². The van der Waals surface area contributed by atoms with E-state index < -0.39 is 0 Å². The molecule has 3 aromatic rings. The molecule has 2 aliphatic rings. The Morgan fingerprint density at radius 3 is 1.56 bits per heavy atom. The minimum atomic E-state index is -0.367. The molecule has 5 rings (SSSR count). The number of fused-ring (bicyclic) bond motifs is 2. The van der Waals surface area contributed by atoms with Gasteiger partial charge in [-0.25, -0.2) is 9.98 Å². The van der Waals surface area contributed by atoms with Crippen molar-refractivity contribution >= 4 is 28.7 Å². The maximum Gasteiger partial charge on any atom is 0.242 e. The predicted molar refractivity (Wildman–Crippen MR) is 175 cm³/mol. The molecule has 0 N–H and O–H groups in total. The predicted octanol–water partition coefficient (Wildman–Crippen LogP) is 11.0. The van der Waals surface area contributed by atoms with Crippen LogP contribution in [0.25, 0.3) is 5.76 Å². The van der Waals surface area contributed by atoms with E-state index >= 15 is 0 Å². The minimum Gasteiger partial charge on any atom is -0.437 e. The minimum absolute atomic E-state index is 0.334. The van der Waals surface area contributed by atoms with Crippen LogP contribution in [0, 0.1) is 5.41 Å². The van der Waals surface area contributed by atoms with Crippen molar-refractivity contribution in [2.24, 2.45) is 15.4 Å². The molecule has 0 spiro atoms. The molecule has 3 nitrogen and oxygen atoms in total. The first-order valence-corrected chi connectivity index (χ1v) is 15.3. The standard InChI is InChI=1S/C38H46N2O/c1-22(2)27-17-13-18-28(23(3)4)33(27)39-36-37(40-34-29(24(5)6)19-14-20-30(34)25(7)8)41-35-31-16-12-11-15-26(31)21-32(35)38(36,9)10/h11-20,22-25H,21H2,1-10H3. The highest BCUT2D eigenvalue weighted by Gasteiger charge is 2.45. The number of benzene rings is 3. The molecule has 0 aromatic heterocycles. The van der Waals surface area contributed by atoms with Gasteiger partial charge in [-0.15, -0.1) is 0 Å². The van der Waals surface area contributed by atoms with Crippen LogP contribution in [0.1, 0.15) is 126 Å². The summed E-state index contributed by atoms with van der Waals surface area (Å²) >= 11 is 0. The fourth-order valence-corrected chi connectivity index (χ4v) is 6.26. The second kappa shape index (κ2) is 11.1. The zero-order valence-corrected chi connectivity index (χ0v) is 26.6. The average Bonchev–Trinajstić information content (AvgIpc) is 3.30. The van der Waals surface area contributed by atoms with Gasteiger partial charge in [0, 0.05) is 11.0 Å². The van der Waals surface area contributed by atoms with Crippen LogP contribution in [-0.4, -0.2) is 11.6 Å². The molecule has 0 unspecified atom stereocenters. The van der Waals surface area contributed by atoms with E-state index in [4.69, 9.17) is 14.7 Å². The van der Waals surface area contributed by atoms with Gasteiger partial charge in [-0.05, 0) is 63.5 Å². The van der Waals surface area contributed by atoms with Gasteiger partial charge in [0.15, 0.2) is 0 Å². The first kappa shape index (κ1) is 29.0. The number of hydrogen-bond acceptors (Lipinski definition) is 3. The maximum absolute atomic E-state index is 6.93. The van der Waals surface area contributed by atoms with Crippen LogP contribution >= 0.6 is 0 Å². The highest BCUT2D eigenvalue weighted by Crippen LogP contribution is 2.49. The fourth-order valence-electron chi connectivity index (χ4n) is 6.26. The van der Waals surface area contributed by atoms with Crippen molar-refractivity contribution in [3.05, 3.63) is 99.6 Å². The SMILES string of the molecule is CC(C)c1cccc(C(C)C)c1N=C1OC2=C(Cc3ccccc32)C(C)(C)C1=Nc1c(C(C)C)cccc1C(C)C. The number of hydrogen-bond donors (Lipinski definition) is 0. The van der Waals surface area contributed by atoms with E-state index in [1.54, 1.807) is 0 Å². The second-order valence-corrected chi connectivity index (χ2v) is 13.4. The lowest BCUT2D eigenvalue weighted by Crippen LogP contribution is -2.39. The Hall–Kier alpha value is -3.46. The normalized spacial score (nSPS) is 18.2. The molecule has 0 amide bonds. The summed E-state index contributed by atoms with van der Waals surface area (Å²) in [5.41, 5.74) is 11.4. The Balaban J connectivity index is 1.84. The van der Waals surface area contributed by atoms with Crippen molar-refractivity contribution < 1.29 is 4.74 Å². The molecule has 0 radical (unpaired) electrons. The lowest BCUT2D eigenvalue weighted by Gasteiger charge is -2.35. The average molecular weight is 547 g/mol. The molecule has 41 heavy (non-hydrogen) atoms. The molecule has 0 saturated heterocycles. The Bertz CT molecular complexity index is 1510. The summed E-state index contributed by atoms with van der Waals surface area (Å²) in [6, 6.07) is 21.8. The molecule has 214 valence electrons. The van der Waals surface area contributed by atoms with Crippen LogP contribution < -0.4 is 0 Å². The molecule has 3 aromatic carbocycles. The maximum atomic E-state index is 6.93. The molecule has 0 fully saturated rings.